The summed E-state index contributed by atoms with van der Waals surface area (Å²) in [6.45, 7) is 3.84. The molecule has 21 heavy (non-hydrogen) atoms. The van der Waals surface area contributed by atoms with E-state index >= 15 is 0 Å². The summed E-state index contributed by atoms with van der Waals surface area (Å²) < 4.78 is 10.5. The molecule has 112 valence electrons. The molecule has 2 unspecified atom stereocenters. The van der Waals surface area contributed by atoms with Crippen molar-refractivity contribution in [3.63, 3.8) is 0 Å². The molecule has 6 nitrogen and oxygen atoms in total. The molecule has 2 atom stereocenters. The zero-order valence-electron chi connectivity index (χ0n) is 12.3. The van der Waals surface area contributed by atoms with Crippen molar-refractivity contribution in [2.24, 2.45) is 11.7 Å². The Kier molecular flexibility index (Phi) is 3.79. The second-order valence-corrected chi connectivity index (χ2v) is 5.48. The molecule has 0 spiro atoms. The number of methoxy groups -OCH3 is 1. The Morgan fingerprint density at radius 1 is 1.38 bits per heavy atom. The van der Waals surface area contributed by atoms with Crippen LogP contribution in [-0.2, 0) is 0 Å². The van der Waals surface area contributed by atoms with Crippen molar-refractivity contribution >= 4 is 6.01 Å². The van der Waals surface area contributed by atoms with Crippen molar-refractivity contribution in [3.05, 3.63) is 24.3 Å². The van der Waals surface area contributed by atoms with E-state index in [1.807, 2.05) is 31.2 Å². The average Bonchev–Trinajstić information content (AvgIpc) is 3.16. The number of aromatic nitrogens is 2. The molecule has 1 aliphatic heterocycles. The van der Waals surface area contributed by atoms with Crippen LogP contribution in [-0.4, -0.2) is 36.4 Å². The normalized spacial score (nSPS) is 19.8. The quantitative estimate of drug-likeness (QED) is 0.926. The van der Waals surface area contributed by atoms with Gasteiger partial charge in [-0.2, -0.15) is 4.98 Å². The Balaban J connectivity index is 1.74. The van der Waals surface area contributed by atoms with Crippen LogP contribution in [0, 0.1) is 5.92 Å². The smallest absolute Gasteiger partial charge is 0.324 e. The maximum absolute atomic E-state index is 5.96. The molecule has 2 N–H and O–H groups in total. The van der Waals surface area contributed by atoms with Crippen LogP contribution >= 0.6 is 0 Å². The van der Waals surface area contributed by atoms with E-state index in [1.54, 1.807) is 7.11 Å². The van der Waals surface area contributed by atoms with Gasteiger partial charge in [0, 0.05) is 24.7 Å². The number of nitrogens with zero attached hydrogens (tertiary/aromatic N) is 3. The van der Waals surface area contributed by atoms with E-state index in [0.717, 1.165) is 30.8 Å². The van der Waals surface area contributed by atoms with Crippen molar-refractivity contribution in [3.8, 4) is 17.1 Å². The van der Waals surface area contributed by atoms with Crippen molar-refractivity contribution in [2.45, 2.75) is 19.4 Å². The molecule has 6 heteroatoms. The number of hydrogen-bond donors (Lipinski definition) is 1. The van der Waals surface area contributed by atoms with Crippen molar-refractivity contribution < 1.29 is 9.26 Å². The summed E-state index contributed by atoms with van der Waals surface area (Å²) in [5.41, 5.74) is 6.87. The molecule has 1 aliphatic rings. The van der Waals surface area contributed by atoms with Gasteiger partial charge in [-0.1, -0.05) is 5.16 Å². The van der Waals surface area contributed by atoms with E-state index < -0.39 is 0 Å². The Morgan fingerprint density at radius 2 is 2.14 bits per heavy atom. The fraction of sp³-hybridized carbons (Fsp3) is 0.467. The number of nitrogens with two attached hydrogens (primary N) is 1. The van der Waals surface area contributed by atoms with E-state index in [4.69, 9.17) is 15.0 Å². The van der Waals surface area contributed by atoms with Crippen LogP contribution in [0.2, 0.25) is 0 Å². The Morgan fingerprint density at radius 3 is 2.76 bits per heavy atom. The molecule has 0 bridgehead atoms. The summed E-state index contributed by atoms with van der Waals surface area (Å²) in [5, 5.41) is 4.06. The first kappa shape index (κ1) is 13.9. The minimum Gasteiger partial charge on any atom is -0.497 e. The molecule has 1 fully saturated rings. The summed E-state index contributed by atoms with van der Waals surface area (Å²) in [6, 6.07) is 8.37. The highest BCUT2D eigenvalue weighted by atomic mass is 16.5. The second kappa shape index (κ2) is 5.73. The van der Waals surface area contributed by atoms with Crippen LogP contribution in [0.15, 0.2) is 28.8 Å². The first-order valence-electron chi connectivity index (χ1n) is 7.16. The third-order valence-corrected chi connectivity index (χ3v) is 4.00. The lowest BCUT2D eigenvalue weighted by Crippen LogP contribution is -2.29. The molecular formula is C15H20N4O2. The zero-order valence-corrected chi connectivity index (χ0v) is 12.3. The lowest BCUT2D eigenvalue weighted by atomic mass is 10.0. The highest BCUT2D eigenvalue weighted by molar-refractivity contribution is 5.57. The highest BCUT2D eigenvalue weighted by Crippen LogP contribution is 2.26. The molecule has 2 heterocycles. The maximum atomic E-state index is 5.96. The minimum absolute atomic E-state index is 0.194. The fourth-order valence-electron chi connectivity index (χ4n) is 2.59. The zero-order chi connectivity index (χ0) is 14.8. The van der Waals surface area contributed by atoms with E-state index in [9.17, 15) is 0 Å². The van der Waals surface area contributed by atoms with Crippen LogP contribution < -0.4 is 15.4 Å². The highest BCUT2D eigenvalue weighted by Gasteiger charge is 2.28. The molecule has 0 radical (unpaired) electrons. The number of benzene rings is 1. The second-order valence-electron chi connectivity index (χ2n) is 5.48. The largest absolute Gasteiger partial charge is 0.497 e. The summed E-state index contributed by atoms with van der Waals surface area (Å²) in [4.78, 5) is 6.58. The van der Waals surface area contributed by atoms with Gasteiger partial charge in [0.05, 0.1) is 7.11 Å². The van der Waals surface area contributed by atoms with Gasteiger partial charge < -0.3 is 19.9 Å². The molecule has 3 rings (SSSR count). The van der Waals surface area contributed by atoms with Crippen LogP contribution in [0.25, 0.3) is 11.4 Å². The number of rotatable bonds is 4. The van der Waals surface area contributed by atoms with Gasteiger partial charge in [0.1, 0.15) is 5.75 Å². The van der Waals surface area contributed by atoms with Crippen LogP contribution in [0.5, 0.6) is 5.75 Å². The molecule has 0 saturated carbocycles. The Labute approximate surface area is 123 Å². The van der Waals surface area contributed by atoms with Gasteiger partial charge in [-0.15, -0.1) is 0 Å². The van der Waals surface area contributed by atoms with E-state index in [-0.39, 0.29) is 6.04 Å². The molecule has 1 aromatic heterocycles. The molecule has 1 aromatic carbocycles. The minimum atomic E-state index is 0.194. The summed E-state index contributed by atoms with van der Waals surface area (Å²) >= 11 is 0. The molecule has 0 amide bonds. The van der Waals surface area contributed by atoms with E-state index in [0.29, 0.717) is 17.8 Å². The monoisotopic (exact) mass is 288 g/mol. The molecule has 2 aromatic rings. The molecule has 0 aliphatic carbocycles. The Bertz CT molecular complexity index is 594. The molecule has 1 saturated heterocycles. The topological polar surface area (TPSA) is 77.4 Å². The average molecular weight is 288 g/mol. The third kappa shape index (κ3) is 2.85. The summed E-state index contributed by atoms with van der Waals surface area (Å²) in [5.74, 6) is 1.89. The predicted octanol–water partition coefficient (Wildman–Crippen LogP) is 1.92. The van der Waals surface area contributed by atoms with Gasteiger partial charge in [0.2, 0.25) is 5.82 Å². The number of ether oxygens (including phenoxy) is 1. The number of hydrogen-bond acceptors (Lipinski definition) is 6. The van der Waals surface area contributed by atoms with Gasteiger partial charge in [0.15, 0.2) is 0 Å². The third-order valence-electron chi connectivity index (χ3n) is 4.00. The maximum Gasteiger partial charge on any atom is 0.324 e. The van der Waals surface area contributed by atoms with Gasteiger partial charge in [-0.05, 0) is 43.5 Å². The van der Waals surface area contributed by atoms with Crippen molar-refractivity contribution in [2.75, 3.05) is 25.1 Å². The van der Waals surface area contributed by atoms with Crippen LogP contribution in [0.3, 0.4) is 0 Å². The number of anilines is 1. The van der Waals surface area contributed by atoms with Gasteiger partial charge >= 0.3 is 6.01 Å². The van der Waals surface area contributed by atoms with Crippen LogP contribution in [0.4, 0.5) is 6.01 Å². The van der Waals surface area contributed by atoms with E-state index in [1.165, 1.54) is 0 Å². The predicted molar refractivity (Wildman–Crippen MR) is 80.3 cm³/mol. The van der Waals surface area contributed by atoms with Crippen molar-refractivity contribution in [1.29, 1.82) is 0 Å². The Hall–Kier alpha value is -2.08. The first-order valence-corrected chi connectivity index (χ1v) is 7.16. The van der Waals surface area contributed by atoms with Gasteiger partial charge in [-0.25, -0.2) is 0 Å². The fourth-order valence-corrected chi connectivity index (χ4v) is 2.59. The van der Waals surface area contributed by atoms with Gasteiger partial charge in [0.25, 0.3) is 0 Å². The van der Waals surface area contributed by atoms with Crippen molar-refractivity contribution in [1.82, 2.24) is 10.1 Å². The van der Waals surface area contributed by atoms with Crippen LogP contribution in [0.1, 0.15) is 13.3 Å². The summed E-state index contributed by atoms with van der Waals surface area (Å²) in [6.07, 6.45) is 1.07. The van der Waals surface area contributed by atoms with Gasteiger partial charge in [-0.3, -0.25) is 0 Å². The van der Waals surface area contributed by atoms with E-state index in [2.05, 4.69) is 15.0 Å². The first-order chi connectivity index (χ1) is 10.2. The SMILES string of the molecule is COc1ccc(-c2noc(N3CCC(C(C)N)C3)n2)cc1. The summed E-state index contributed by atoms with van der Waals surface area (Å²) in [7, 11) is 1.64. The standard InChI is InChI=1S/C15H20N4O2/c1-10(16)12-7-8-19(9-12)15-17-14(18-21-15)11-3-5-13(20-2)6-4-11/h3-6,10,12H,7-9,16H2,1-2H3. The molecular weight excluding hydrogens is 268 g/mol. The lowest BCUT2D eigenvalue weighted by molar-refractivity contribution is 0.414. The lowest BCUT2D eigenvalue weighted by Gasteiger charge is -2.15.